The molecule has 1 aromatic carbocycles. The van der Waals surface area contributed by atoms with E-state index in [1.807, 2.05) is 12.1 Å². The maximum Gasteiger partial charge on any atom is 0.295 e. The second kappa shape index (κ2) is 9.47. The van der Waals surface area contributed by atoms with Gasteiger partial charge in [-0.15, -0.1) is 0 Å². The number of nitrogens with one attached hydrogen (secondary N) is 1. The molecule has 6 nitrogen and oxygen atoms in total. The van der Waals surface area contributed by atoms with Gasteiger partial charge in [0.05, 0.1) is 30.9 Å². The van der Waals surface area contributed by atoms with Crippen molar-refractivity contribution in [3.05, 3.63) is 71.6 Å². The molecule has 0 bridgehead atoms. The van der Waals surface area contributed by atoms with E-state index in [-0.39, 0.29) is 11.3 Å². The van der Waals surface area contributed by atoms with E-state index < -0.39 is 17.7 Å². The summed E-state index contributed by atoms with van der Waals surface area (Å²) in [6, 6.07) is 13.6. The fourth-order valence-corrected chi connectivity index (χ4v) is 3.81. The first kappa shape index (κ1) is 20.7. The first-order valence-electron chi connectivity index (χ1n) is 10.2. The quantitative estimate of drug-likeness (QED) is 0.407. The molecule has 1 aliphatic rings. The lowest BCUT2D eigenvalue weighted by molar-refractivity contribution is -0.896. The van der Waals surface area contributed by atoms with Gasteiger partial charge in [0, 0.05) is 24.7 Å². The van der Waals surface area contributed by atoms with Gasteiger partial charge in [-0.05, 0) is 26.0 Å². The maximum atomic E-state index is 12.9. The summed E-state index contributed by atoms with van der Waals surface area (Å²) in [6.45, 7) is 7.68. The molecule has 0 aliphatic carbocycles. The molecular formula is C23H28N3O3+. The van der Waals surface area contributed by atoms with Gasteiger partial charge in [-0.2, -0.15) is 0 Å². The number of hydrogen-bond acceptors (Lipinski definition) is 4. The minimum absolute atomic E-state index is 0.107. The number of rotatable bonds is 8. The van der Waals surface area contributed by atoms with E-state index in [9.17, 15) is 14.7 Å². The van der Waals surface area contributed by atoms with Crippen molar-refractivity contribution in [2.75, 3.05) is 26.2 Å². The Balaban J connectivity index is 1.98. The fraction of sp³-hybridized carbons (Fsp3) is 0.348. The Morgan fingerprint density at radius 2 is 1.76 bits per heavy atom. The van der Waals surface area contributed by atoms with Gasteiger partial charge < -0.3 is 14.9 Å². The second-order valence-electron chi connectivity index (χ2n) is 7.17. The minimum atomic E-state index is -0.678. The van der Waals surface area contributed by atoms with Gasteiger partial charge in [0.25, 0.3) is 11.7 Å². The summed E-state index contributed by atoms with van der Waals surface area (Å²) in [5.41, 5.74) is 1.20. The van der Waals surface area contributed by atoms with Crippen LogP contribution in [-0.4, -0.2) is 52.9 Å². The number of likely N-dealkylation sites (tertiary alicyclic amines) is 1. The Bertz CT molecular complexity index is 877. The number of benzene rings is 1. The number of nitrogens with zero attached hydrogens (tertiary/aromatic N) is 2. The zero-order valence-corrected chi connectivity index (χ0v) is 17.0. The third-order valence-electron chi connectivity index (χ3n) is 5.48. The number of aliphatic hydroxyl groups excluding tert-OH is 1. The van der Waals surface area contributed by atoms with E-state index in [1.165, 1.54) is 4.90 Å². The standard InChI is InChI=1S/C23H27N3O3/c1-3-25(4-2)15-10-16-26-20(18-13-8-9-14-24-18)19(22(28)23(26)29)21(27)17-11-6-5-7-12-17/h5-9,11-14,20,27H,3-4,10,15-16H2,1-2H3/p+1. The van der Waals surface area contributed by atoms with Gasteiger partial charge in [0.1, 0.15) is 11.8 Å². The predicted molar refractivity (Wildman–Crippen MR) is 111 cm³/mol. The van der Waals surface area contributed by atoms with E-state index in [0.29, 0.717) is 17.8 Å². The molecule has 1 amide bonds. The number of pyridine rings is 1. The summed E-state index contributed by atoms with van der Waals surface area (Å²) in [7, 11) is 0. The Labute approximate surface area is 171 Å². The number of carbonyl (C=O) groups excluding carboxylic acids is 2. The van der Waals surface area contributed by atoms with Crippen molar-refractivity contribution >= 4 is 17.4 Å². The van der Waals surface area contributed by atoms with Crippen LogP contribution in [0.1, 0.15) is 37.6 Å². The summed E-state index contributed by atoms with van der Waals surface area (Å²) in [4.78, 5) is 33.1. The number of Topliss-reactive ketones (excluding diaryl/α,β-unsaturated/α-hetero) is 1. The van der Waals surface area contributed by atoms with Crippen LogP contribution < -0.4 is 4.90 Å². The number of aromatic nitrogens is 1. The highest BCUT2D eigenvalue weighted by Crippen LogP contribution is 2.38. The van der Waals surface area contributed by atoms with E-state index in [0.717, 1.165) is 26.1 Å². The van der Waals surface area contributed by atoms with Crippen LogP contribution in [0.25, 0.3) is 5.76 Å². The smallest absolute Gasteiger partial charge is 0.295 e. The molecular weight excluding hydrogens is 366 g/mol. The minimum Gasteiger partial charge on any atom is -0.507 e. The van der Waals surface area contributed by atoms with Crippen molar-refractivity contribution in [3.8, 4) is 0 Å². The Morgan fingerprint density at radius 1 is 1.07 bits per heavy atom. The van der Waals surface area contributed by atoms with Gasteiger partial charge >= 0.3 is 0 Å². The summed E-state index contributed by atoms with van der Waals surface area (Å²) >= 11 is 0. The molecule has 1 unspecified atom stereocenters. The number of hydrogen-bond donors (Lipinski definition) is 2. The largest absolute Gasteiger partial charge is 0.507 e. The monoisotopic (exact) mass is 394 g/mol. The van der Waals surface area contributed by atoms with E-state index >= 15 is 0 Å². The molecule has 3 rings (SSSR count). The zero-order chi connectivity index (χ0) is 20.8. The third kappa shape index (κ3) is 4.38. The molecule has 2 aromatic rings. The Morgan fingerprint density at radius 3 is 2.38 bits per heavy atom. The first-order valence-corrected chi connectivity index (χ1v) is 10.2. The molecule has 0 spiro atoms. The van der Waals surface area contributed by atoms with E-state index in [2.05, 4.69) is 18.8 Å². The molecule has 1 aromatic heterocycles. The third-order valence-corrected chi connectivity index (χ3v) is 5.48. The summed E-state index contributed by atoms with van der Waals surface area (Å²) in [5.74, 6) is -1.39. The van der Waals surface area contributed by atoms with Crippen molar-refractivity contribution in [3.63, 3.8) is 0 Å². The summed E-state index contributed by atoms with van der Waals surface area (Å²) in [5, 5.41) is 10.9. The molecule has 2 N–H and O–H groups in total. The average molecular weight is 394 g/mol. The molecule has 1 saturated heterocycles. The van der Waals surface area contributed by atoms with Crippen molar-refractivity contribution in [1.82, 2.24) is 9.88 Å². The zero-order valence-electron chi connectivity index (χ0n) is 17.0. The molecule has 0 saturated carbocycles. The van der Waals surface area contributed by atoms with Crippen LogP contribution in [0.15, 0.2) is 60.3 Å². The second-order valence-corrected chi connectivity index (χ2v) is 7.17. The van der Waals surface area contributed by atoms with Crippen molar-refractivity contribution in [2.24, 2.45) is 0 Å². The number of carbonyl (C=O) groups is 2. The molecule has 6 heteroatoms. The average Bonchev–Trinajstić information content (AvgIpc) is 3.02. The van der Waals surface area contributed by atoms with Gasteiger partial charge in [-0.1, -0.05) is 36.4 Å². The lowest BCUT2D eigenvalue weighted by Crippen LogP contribution is -3.11. The first-order chi connectivity index (χ1) is 14.1. The summed E-state index contributed by atoms with van der Waals surface area (Å²) in [6.07, 6.45) is 2.41. The van der Waals surface area contributed by atoms with Crippen LogP contribution in [-0.2, 0) is 9.59 Å². The molecule has 29 heavy (non-hydrogen) atoms. The van der Waals surface area contributed by atoms with Crippen LogP contribution in [0.5, 0.6) is 0 Å². The van der Waals surface area contributed by atoms with Crippen LogP contribution in [0, 0.1) is 0 Å². The van der Waals surface area contributed by atoms with E-state index in [4.69, 9.17) is 0 Å². The highest BCUT2D eigenvalue weighted by atomic mass is 16.3. The van der Waals surface area contributed by atoms with Crippen molar-refractivity contribution in [1.29, 1.82) is 0 Å². The SMILES string of the molecule is CC[NH+](CC)CCCN1C(=O)C(=O)C(=C(O)c2ccccc2)C1c1ccccn1. The Kier molecular flexibility index (Phi) is 6.77. The Hall–Kier alpha value is -2.99. The van der Waals surface area contributed by atoms with Gasteiger partial charge in [0.15, 0.2) is 0 Å². The lowest BCUT2D eigenvalue weighted by Gasteiger charge is -2.25. The van der Waals surface area contributed by atoms with E-state index in [1.54, 1.807) is 47.5 Å². The number of amides is 1. The fourth-order valence-electron chi connectivity index (χ4n) is 3.81. The van der Waals surface area contributed by atoms with Crippen molar-refractivity contribution < 1.29 is 19.6 Å². The maximum absolute atomic E-state index is 12.9. The highest BCUT2D eigenvalue weighted by molar-refractivity contribution is 6.46. The van der Waals surface area contributed by atoms with Crippen LogP contribution >= 0.6 is 0 Å². The normalized spacial score (nSPS) is 18.6. The topological polar surface area (TPSA) is 74.9 Å². The number of ketones is 1. The summed E-state index contributed by atoms with van der Waals surface area (Å²) < 4.78 is 0. The van der Waals surface area contributed by atoms with Gasteiger partial charge in [0.2, 0.25) is 0 Å². The van der Waals surface area contributed by atoms with Crippen molar-refractivity contribution in [2.45, 2.75) is 26.3 Å². The number of aliphatic hydroxyl groups is 1. The highest BCUT2D eigenvalue weighted by Gasteiger charge is 2.46. The number of quaternary nitrogens is 1. The predicted octanol–water partition coefficient (Wildman–Crippen LogP) is 1.82. The molecule has 1 aliphatic heterocycles. The van der Waals surface area contributed by atoms with Crippen LogP contribution in [0.4, 0.5) is 0 Å². The van der Waals surface area contributed by atoms with Crippen LogP contribution in [0.2, 0.25) is 0 Å². The lowest BCUT2D eigenvalue weighted by atomic mass is 9.98. The molecule has 0 radical (unpaired) electrons. The molecule has 152 valence electrons. The molecule has 1 fully saturated rings. The molecule has 1 atom stereocenters. The van der Waals surface area contributed by atoms with Gasteiger partial charge in [-0.25, -0.2) is 0 Å². The van der Waals surface area contributed by atoms with Crippen LogP contribution in [0.3, 0.4) is 0 Å². The molecule has 2 heterocycles. The van der Waals surface area contributed by atoms with Gasteiger partial charge in [-0.3, -0.25) is 14.6 Å².